The molecule has 0 heterocycles. The Kier molecular flexibility index (Phi) is 4.48. The Labute approximate surface area is 115 Å². The topological polar surface area (TPSA) is 49.7 Å². The van der Waals surface area contributed by atoms with Crippen molar-refractivity contribution in [2.24, 2.45) is 0 Å². The van der Waals surface area contributed by atoms with Gasteiger partial charge in [-0.1, -0.05) is 30.9 Å². The highest BCUT2D eigenvalue weighted by molar-refractivity contribution is 5.38. The van der Waals surface area contributed by atoms with Gasteiger partial charge in [-0.25, -0.2) is 0 Å². The lowest BCUT2D eigenvalue weighted by atomic mass is 9.85. The van der Waals surface area contributed by atoms with Crippen molar-refractivity contribution < 1.29 is 14.9 Å². The van der Waals surface area contributed by atoms with Crippen molar-refractivity contribution in [1.82, 2.24) is 0 Å². The molecule has 2 rings (SSSR count). The summed E-state index contributed by atoms with van der Waals surface area (Å²) in [6.07, 6.45) is 4.39. The lowest BCUT2D eigenvalue weighted by Crippen LogP contribution is -2.38. The Hall–Kier alpha value is -1.06. The summed E-state index contributed by atoms with van der Waals surface area (Å²) in [5.74, 6) is 0.680. The minimum Gasteiger partial charge on any atom is -0.490 e. The van der Waals surface area contributed by atoms with Crippen LogP contribution in [-0.2, 0) is 0 Å². The van der Waals surface area contributed by atoms with E-state index >= 15 is 0 Å². The van der Waals surface area contributed by atoms with Crippen molar-refractivity contribution in [2.45, 2.75) is 57.7 Å². The quantitative estimate of drug-likeness (QED) is 0.878. The van der Waals surface area contributed by atoms with Gasteiger partial charge in [-0.05, 0) is 38.8 Å². The van der Waals surface area contributed by atoms with E-state index in [1.54, 1.807) is 6.92 Å². The van der Waals surface area contributed by atoms with Crippen LogP contribution in [0.3, 0.4) is 0 Å². The molecule has 0 aliphatic heterocycles. The zero-order chi connectivity index (χ0) is 13.9. The zero-order valence-corrected chi connectivity index (χ0v) is 11.9. The fourth-order valence-corrected chi connectivity index (χ4v) is 2.69. The van der Waals surface area contributed by atoms with Crippen LogP contribution >= 0.6 is 0 Å². The number of aliphatic hydroxyl groups excluding tert-OH is 1. The smallest absolute Gasteiger partial charge is 0.125 e. The van der Waals surface area contributed by atoms with Gasteiger partial charge in [0.05, 0.1) is 11.7 Å². The van der Waals surface area contributed by atoms with Gasteiger partial charge in [-0.15, -0.1) is 0 Å². The first-order valence-electron chi connectivity index (χ1n) is 7.14. The number of aryl methyl sites for hydroxylation is 1. The summed E-state index contributed by atoms with van der Waals surface area (Å²) in [4.78, 5) is 0. The summed E-state index contributed by atoms with van der Waals surface area (Å²) < 4.78 is 5.79. The van der Waals surface area contributed by atoms with Crippen LogP contribution in [0.25, 0.3) is 0 Å². The zero-order valence-electron chi connectivity index (χ0n) is 11.9. The molecule has 0 aromatic heterocycles. The minimum absolute atomic E-state index is 0.315. The van der Waals surface area contributed by atoms with Crippen LogP contribution in [0, 0.1) is 6.92 Å². The fraction of sp³-hybridized carbons (Fsp3) is 0.625. The van der Waals surface area contributed by atoms with Gasteiger partial charge >= 0.3 is 0 Å². The summed E-state index contributed by atoms with van der Waals surface area (Å²) in [5, 5.41) is 20.2. The molecule has 0 amide bonds. The Morgan fingerprint density at radius 2 is 1.95 bits per heavy atom. The highest BCUT2D eigenvalue weighted by Crippen LogP contribution is 2.31. The number of aliphatic hydroxyl groups is 2. The van der Waals surface area contributed by atoms with Crippen molar-refractivity contribution >= 4 is 0 Å². The fourth-order valence-electron chi connectivity index (χ4n) is 2.69. The third-order valence-electron chi connectivity index (χ3n) is 3.90. The van der Waals surface area contributed by atoms with Gasteiger partial charge < -0.3 is 14.9 Å². The molecule has 3 heteroatoms. The maximum absolute atomic E-state index is 10.4. The van der Waals surface area contributed by atoms with E-state index in [0.29, 0.717) is 12.4 Å². The molecule has 1 fully saturated rings. The van der Waals surface area contributed by atoms with Crippen LogP contribution in [0.1, 0.15) is 56.3 Å². The molecule has 0 bridgehead atoms. The van der Waals surface area contributed by atoms with Gasteiger partial charge in [-0.3, -0.25) is 0 Å². The number of hydrogen-bond acceptors (Lipinski definition) is 3. The molecule has 1 aromatic carbocycles. The predicted molar refractivity (Wildman–Crippen MR) is 75.3 cm³/mol. The minimum atomic E-state index is -0.695. The average Bonchev–Trinajstić information content (AvgIpc) is 2.38. The standard InChI is InChI=1S/C16H24O3/c1-12-6-7-15(14(10-12)13(2)17)19-11-16(18)8-4-3-5-9-16/h6-7,10,13,17-18H,3-5,8-9,11H2,1-2H3/t13-/m1/s1. The van der Waals surface area contributed by atoms with Crippen LogP contribution in [0.4, 0.5) is 0 Å². The third kappa shape index (κ3) is 3.71. The monoisotopic (exact) mass is 264 g/mol. The number of rotatable bonds is 4. The SMILES string of the molecule is Cc1ccc(OCC2(O)CCCCC2)c([C@@H](C)O)c1. The molecule has 1 aliphatic carbocycles. The van der Waals surface area contributed by atoms with Gasteiger partial charge in [-0.2, -0.15) is 0 Å². The molecule has 1 saturated carbocycles. The van der Waals surface area contributed by atoms with Gasteiger partial charge in [0, 0.05) is 5.56 Å². The summed E-state index contributed by atoms with van der Waals surface area (Å²) >= 11 is 0. The summed E-state index contributed by atoms with van der Waals surface area (Å²) in [6.45, 7) is 4.04. The first kappa shape index (κ1) is 14.4. The van der Waals surface area contributed by atoms with Gasteiger partial charge in [0.15, 0.2) is 0 Å². The first-order chi connectivity index (χ1) is 9.00. The molecule has 1 aromatic rings. The summed E-state index contributed by atoms with van der Waals surface area (Å²) in [5.41, 5.74) is 1.19. The number of benzene rings is 1. The molecule has 0 radical (unpaired) electrons. The van der Waals surface area contributed by atoms with Crippen LogP contribution < -0.4 is 4.74 Å². The largest absolute Gasteiger partial charge is 0.490 e. The Morgan fingerprint density at radius 3 is 2.58 bits per heavy atom. The molecule has 19 heavy (non-hydrogen) atoms. The van der Waals surface area contributed by atoms with Crippen molar-refractivity contribution in [3.63, 3.8) is 0 Å². The van der Waals surface area contributed by atoms with Crippen LogP contribution in [0.15, 0.2) is 18.2 Å². The van der Waals surface area contributed by atoms with E-state index in [9.17, 15) is 10.2 Å². The van der Waals surface area contributed by atoms with Crippen molar-refractivity contribution in [3.05, 3.63) is 29.3 Å². The molecular weight excluding hydrogens is 240 g/mol. The van der Waals surface area contributed by atoms with Crippen LogP contribution in [0.5, 0.6) is 5.75 Å². The predicted octanol–water partition coefficient (Wildman–Crippen LogP) is 3.12. The van der Waals surface area contributed by atoms with E-state index in [2.05, 4.69) is 0 Å². The van der Waals surface area contributed by atoms with Gasteiger partial charge in [0.2, 0.25) is 0 Å². The first-order valence-corrected chi connectivity index (χ1v) is 7.14. The maximum atomic E-state index is 10.4. The highest BCUT2D eigenvalue weighted by atomic mass is 16.5. The molecule has 3 nitrogen and oxygen atoms in total. The Morgan fingerprint density at radius 1 is 1.26 bits per heavy atom. The van der Waals surface area contributed by atoms with E-state index in [4.69, 9.17) is 4.74 Å². The molecule has 0 spiro atoms. The molecule has 2 N–H and O–H groups in total. The van der Waals surface area contributed by atoms with Crippen molar-refractivity contribution in [3.8, 4) is 5.75 Å². The maximum Gasteiger partial charge on any atom is 0.125 e. The summed E-state index contributed by atoms with van der Waals surface area (Å²) in [6, 6.07) is 5.78. The third-order valence-corrected chi connectivity index (χ3v) is 3.90. The lowest BCUT2D eigenvalue weighted by Gasteiger charge is -2.32. The Bertz CT molecular complexity index is 420. The van der Waals surface area contributed by atoms with Crippen LogP contribution in [-0.4, -0.2) is 22.4 Å². The average molecular weight is 264 g/mol. The second-order valence-electron chi connectivity index (χ2n) is 5.79. The van der Waals surface area contributed by atoms with Crippen LogP contribution in [0.2, 0.25) is 0 Å². The van der Waals surface area contributed by atoms with E-state index in [1.807, 2.05) is 25.1 Å². The number of hydrogen-bond donors (Lipinski definition) is 2. The molecule has 1 atom stereocenters. The highest BCUT2D eigenvalue weighted by Gasteiger charge is 2.30. The normalized spacial score (nSPS) is 20.0. The molecule has 106 valence electrons. The second kappa shape index (κ2) is 5.93. The molecular formula is C16H24O3. The molecule has 1 aliphatic rings. The van der Waals surface area contributed by atoms with Crippen molar-refractivity contribution in [1.29, 1.82) is 0 Å². The van der Waals surface area contributed by atoms with Gasteiger partial charge in [0.25, 0.3) is 0 Å². The molecule has 0 saturated heterocycles. The Balaban J connectivity index is 2.06. The summed E-state index contributed by atoms with van der Waals surface area (Å²) in [7, 11) is 0. The molecule has 0 unspecified atom stereocenters. The van der Waals surface area contributed by atoms with E-state index in [1.165, 1.54) is 6.42 Å². The van der Waals surface area contributed by atoms with E-state index < -0.39 is 11.7 Å². The van der Waals surface area contributed by atoms with Crippen molar-refractivity contribution in [2.75, 3.05) is 6.61 Å². The van der Waals surface area contributed by atoms with E-state index in [-0.39, 0.29) is 0 Å². The number of ether oxygens (including phenoxy) is 1. The van der Waals surface area contributed by atoms with Gasteiger partial charge in [0.1, 0.15) is 12.4 Å². The van der Waals surface area contributed by atoms with E-state index in [0.717, 1.165) is 36.8 Å². The lowest BCUT2D eigenvalue weighted by molar-refractivity contribution is -0.0345. The second-order valence-corrected chi connectivity index (χ2v) is 5.79.